The summed E-state index contributed by atoms with van der Waals surface area (Å²) in [6, 6.07) is 6.85. The minimum Gasteiger partial charge on any atom is -0.368 e. The van der Waals surface area contributed by atoms with Gasteiger partial charge in [-0.2, -0.15) is 0 Å². The molecule has 0 aromatic heterocycles. The Hall–Kier alpha value is -1.52. The lowest BCUT2D eigenvalue weighted by molar-refractivity contribution is -0.146. The molecule has 1 aromatic carbocycles. The predicted octanol–water partition coefficient (Wildman–Crippen LogP) is 1.04. The molecule has 0 saturated carbocycles. The minimum absolute atomic E-state index is 0.0444. The predicted molar refractivity (Wildman–Crippen MR) is 58.7 cm³/mol. The van der Waals surface area contributed by atoms with Gasteiger partial charge in [-0.3, -0.25) is 9.59 Å². The van der Waals surface area contributed by atoms with Crippen LogP contribution < -0.4 is 0 Å². The number of rotatable bonds is 0. The van der Waals surface area contributed by atoms with Crippen LogP contribution in [0.4, 0.5) is 0 Å². The van der Waals surface area contributed by atoms with Crippen LogP contribution in [0.3, 0.4) is 0 Å². The maximum atomic E-state index is 12.2. The maximum Gasteiger partial charge on any atom is 0.169 e. The number of ether oxygens (including phenoxy) is 1. The van der Waals surface area contributed by atoms with Gasteiger partial charge in [0.05, 0.1) is 12.5 Å². The molecule has 0 spiro atoms. The van der Waals surface area contributed by atoms with Crippen molar-refractivity contribution in [2.45, 2.75) is 12.7 Å². The molecule has 1 fully saturated rings. The van der Waals surface area contributed by atoms with Gasteiger partial charge in [-0.25, -0.2) is 0 Å². The number of hydrogen-bond acceptors (Lipinski definition) is 4. The van der Waals surface area contributed by atoms with Crippen LogP contribution in [-0.2, 0) is 4.74 Å². The van der Waals surface area contributed by atoms with Crippen molar-refractivity contribution in [1.82, 2.24) is 0 Å². The number of aliphatic hydroxyl groups is 1. The first-order chi connectivity index (χ1) is 8.18. The fraction of sp³-hybridized carbons (Fsp3) is 0.385. The molecule has 1 saturated heterocycles. The Bertz CT molecular complexity index is 494. The highest BCUT2D eigenvalue weighted by Gasteiger charge is 2.44. The van der Waals surface area contributed by atoms with E-state index in [2.05, 4.69) is 0 Å². The van der Waals surface area contributed by atoms with E-state index in [0.717, 1.165) is 0 Å². The lowest BCUT2D eigenvalue weighted by atomic mass is 9.72. The Kier molecular flexibility index (Phi) is 2.34. The third kappa shape index (κ3) is 1.52. The van der Waals surface area contributed by atoms with Crippen LogP contribution >= 0.6 is 0 Å². The topological polar surface area (TPSA) is 63.6 Å². The van der Waals surface area contributed by atoms with E-state index in [1.54, 1.807) is 24.3 Å². The summed E-state index contributed by atoms with van der Waals surface area (Å²) in [6.07, 6.45) is -0.720. The molecule has 3 atom stereocenters. The zero-order valence-electron chi connectivity index (χ0n) is 9.13. The molecule has 0 amide bonds. The molecule has 4 nitrogen and oxygen atoms in total. The van der Waals surface area contributed by atoms with Gasteiger partial charge in [-0.05, 0) is 0 Å². The van der Waals surface area contributed by atoms with Crippen molar-refractivity contribution >= 4 is 11.6 Å². The van der Waals surface area contributed by atoms with Crippen LogP contribution in [0.5, 0.6) is 0 Å². The van der Waals surface area contributed by atoms with Crippen molar-refractivity contribution in [1.29, 1.82) is 0 Å². The smallest absolute Gasteiger partial charge is 0.169 e. The van der Waals surface area contributed by atoms with Gasteiger partial charge in [0.2, 0.25) is 0 Å². The number of benzene rings is 1. The van der Waals surface area contributed by atoms with Gasteiger partial charge >= 0.3 is 0 Å². The highest BCUT2D eigenvalue weighted by atomic mass is 16.6. The molecule has 3 unspecified atom stereocenters. The average Bonchev–Trinajstić information content (AvgIpc) is 2.36. The summed E-state index contributed by atoms with van der Waals surface area (Å²) in [4.78, 5) is 24.4. The molecule has 4 heteroatoms. The average molecular weight is 232 g/mol. The van der Waals surface area contributed by atoms with Crippen molar-refractivity contribution in [3.8, 4) is 0 Å². The lowest BCUT2D eigenvalue weighted by Crippen LogP contribution is -2.45. The van der Waals surface area contributed by atoms with Gasteiger partial charge in [0, 0.05) is 23.5 Å². The molecule has 2 aliphatic rings. The third-order valence-corrected chi connectivity index (χ3v) is 3.54. The third-order valence-electron chi connectivity index (χ3n) is 3.54. The van der Waals surface area contributed by atoms with E-state index >= 15 is 0 Å². The van der Waals surface area contributed by atoms with Crippen LogP contribution in [0.1, 0.15) is 27.1 Å². The van der Waals surface area contributed by atoms with Crippen molar-refractivity contribution in [3.05, 3.63) is 35.4 Å². The molecular formula is C13H12O4. The van der Waals surface area contributed by atoms with Crippen LogP contribution in [0.25, 0.3) is 0 Å². The van der Waals surface area contributed by atoms with Gasteiger partial charge in [-0.15, -0.1) is 0 Å². The highest BCUT2D eigenvalue weighted by Crippen LogP contribution is 2.36. The molecule has 1 aromatic rings. The largest absolute Gasteiger partial charge is 0.368 e. The Balaban J connectivity index is 2.08. The molecule has 0 bridgehead atoms. The summed E-state index contributed by atoms with van der Waals surface area (Å²) in [5.74, 6) is -0.952. The second-order valence-corrected chi connectivity index (χ2v) is 4.51. The fourth-order valence-electron chi connectivity index (χ4n) is 2.64. The van der Waals surface area contributed by atoms with Gasteiger partial charge in [0.25, 0.3) is 0 Å². The molecule has 17 heavy (non-hydrogen) atoms. The lowest BCUT2D eigenvalue weighted by Gasteiger charge is -2.35. The molecule has 1 aliphatic heterocycles. The molecule has 3 rings (SSSR count). The number of fused-ring (bicyclic) bond motifs is 2. The first-order valence-corrected chi connectivity index (χ1v) is 5.65. The zero-order valence-corrected chi connectivity index (χ0v) is 9.13. The normalized spacial score (nSPS) is 31.9. The Morgan fingerprint density at radius 2 is 1.65 bits per heavy atom. The number of Topliss-reactive ketones (excluding diaryl/α,β-unsaturated/α-hetero) is 2. The molecule has 0 radical (unpaired) electrons. The fourth-order valence-corrected chi connectivity index (χ4v) is 2.64. The number of hydrogen-bond donors (Lipinski definition) is 1. The zero-order chi connectivity index (χ0) is 12.0. The SMILES string of the molecule is O=C1c2ccccc2C(=O)C2CC(O)OCC12. The van der Waals surface area contributed by atoms with Crippen molar-refractivity contribution in [2.75, 3.05) is 6.61 Å². The summed E-state index contributed by atoms with van der Waals surface area (Å²) in [5.41, 5.74) is 0.964. The Labute approximate surface area is 98.2 Å². The summed E-state index contributed by atoms with van der Waals surface area (Å²) in [7, 11) is 0. The first kappa shape index (κ1) is 10.6. The summed E-state index contributed by atoms with van der Waals surface area (Å²) < 4.78 is 5.06. The van der Waals surface area contributed by atoms with Crippen LogP contribution in [-0.4, -0.2) is 29.6 Å². The monoisotopic (exact) mass is 232 g/mol. The number of ketones is 2. The van der Waals surface area contributed by atoms with Crippen LogP contribution in [0.2, 0.25) is 0 Å². The second kappa shape index (κ2) is 3.75. The van der Waals surface area contributed by atoms with E-state index in [0.29, 0.717) is 11.1 Å². The maximum absolute atomic E-state index is 12.2. The second-order valence-electron chi connectivity index (χ2n) is 4.51. The molecular weight excluding hydrogens is 220 g/mol. The number of carbonyl (C=O) groups is 2. The van der Waals surface area contributed by atoms with Gasteiger partial charge in [-0.1, -0.05) is 24.3 Å². The number of carbonyl (C=O) groups excluding carboxylic acids is 2. The van der Waals surface area contributed by atoms with E-state index in [-0.39, 0.29) is 24.6 Å². The van der Waals surface area contributed by atoms with E-state index in [9.17, 15) is 14.7 Å². The summed E-state index contributed by atoms with van der Waals surface area (Å²) in [6.45, 7) is 0.130. The number of aliphatic hydroxyl groups excluding tert-OH is 1. The van der Waals surface area contributed by atoms with Gasteiger partial charge in [0.15, 0.2) is 17.9 Å². The van der Waals surface area contributed by atoms with E-state index < -0.39 is 18.1 Å². The van der Waals surface area contributed by atoms with Gasteiger partial charge < -0.3 is 9.84 Å². The van der Waals surface area contributed by atoms with Crippen molar-refractivity contribution in [3.63, 3.8) is 0 Å². The highest BCUT2D eigenvalue weighted by molar-refractivity contribution is 6.16. The molecule has 1 heterocycles. The summed E-state index contributed by atoms with van der Waals surface area (Å²) >= 11 is 0. The first-order valence-electron chi connectivity index (χ1n) is 5.65. The Morgan fingerprint density at radius 1 is 1.06 bits per heavy atom. The standard InChI is InChI=1S/C13H12O4/c14-11-5-9-10(6-17-11)13(16)8-4-2-1-3-7(8)12(9)15/h1-4,9-11,14H,5-6H2. The van der Waals surface area contributed by atoms with Crippen molar-refractivity contribution in [2.24, 2.45) is 11.8 Å². The van der Waals surface area contributed by atoms with Crippen LogP contribution in [0.15, 0.2) is 24.3 Å². The van der Waals surface area contributed by atoms with Crippen molar-refractivity contribution < 1.29 is 19.4 Å². The Morgan fingerprint density at radius 3 is 2.29 bits per heavy atom. The van der Waals surface area contributed by atoms with E-state index in [4.69, 9.17) is 4.74 Å². The molecule has 1 aliphatic carbocycles. The minimum atomic E-state index is -0.932. The molecule has 88 valence electrons. The quantitative estimate of drug-likeness (QED) is 0.725. The molecule has 1 N–H and O–H groups in total. The van der Waals surface area contributed by atoms with E-state index in [1.165, 1.54) is 0 Å². The summed E-state index contributed by atoms with van der Waals surface area (Å²) in [5, 5.41) is 9.41. The van der Waals surface area contributed by atoms with Crippen LogP contribution in [0, 0.1) is 11.8 Å². The van der Waals surface area contributed by atoms with E-state index in [1.807, 2.05) is 0 Å². The van der Waals surface area contributed by atoms with Gasteiger partial charge in [0.1, 0.15) is 0 Å².